The van der Waals surface area contributed by atoms with Gasteiger partial charge in [-0.2, -0.15) is 4.31 Å². The first-order chi connectivity index (χ1) is 16.3. The van der Waals surface area contributed by atoms with Crippen LogP contribution < -0.4 is 4.74 Å². The number of hydrogen-bond acceptors (Lipinski definition) is 5. The van der Waals surface area contributed by atoms with Crippen LogP contribution in [0.2, 0.25) is 0 Å². The van der Waals surface area contributed by atoms with Gasteiger partial charge in [0.25, 0.3) is 5.91 Å². The van der Waals surface area contributed by atoms with Gasteiger partial charge in [0.05, 0.1) is 4.90 Å². The molecule has 0 aliphatic carbocycles. The second kappa shape index (κ2) is 10.2. The highest BCUT2D eigenvalue weighted by atomic mass is 32.2. The monoisotopic (exact) mass is 478 g/mol. The molecule has 176 valence electrons. The number of carbonyl (C=O) groups excluding carboxylic acids is 2. The van der Waals surface area contributed by atoms with Gasteiger partial charge >= 0.3 is 0 Å². The van der Waals surface area contributed by atoms with Crippen molar-refractivity contribution in [3.63, 3.8) is 0 Å². The van der Waals surface area contributed by atoms with Crippen LogP contribution in [0.1, 0.15) is 21.5 Å². The Bertz CT molecular complexity index is 1250. The predicted molar refractivity (Wildman–Crippen MR) is 128 cm³/mol. The number of ketones is 1. The molecule has 0 N–H and O–H groups in total. The molecule has 0 saturated carbocycles. The maximum Gasteiger partial charge on any atom is 0.260 e. The van der Waals surface area contributed by atoms with Crippen LogP contribution in [0.5, 0.6) is 5.75 Å². The second-order valence-electron chi connectivity index (χ2n) is 8.11. The Balaban J connectivity index is 1.28. The first kappa shape index (κ1) is 23.7. The van der Waals surface area contributed by atoms with Crippen molar-refractivity contribution < 1.29 is 22.7 Å². The smallest absolute Gasteiger partial charge is 0.260 e. The summed E-state index contributed by atoms with van der Waals surface area (Å²) in [5, 5.41) is 0. The van der Waals surface area contributed by atoms with Gasteiger partial charge in [-0.3, -0.25) is 9.59 Å². The van der Waals surface area contributed by atoms with E-state index >= 15 is 0 Å². The normalized spacial score (nSPS) is 14.6. The Hall–Kier alpha value is -3.49. The molecule has 1 saturated heterocycles. The van der Waals surface area contributed by atoms with E-state index in [1.807, 2.05) is 25.1 Å². The van der Waals surface area contributed by atoms with Gasteiger partial charge in [0.2, 0.25) is 10.0 Å². The lowest BCUT2D eigenvalue weighted by atomic mass is 10.0. The topological polar surface area (TPSA) is 84.0 Å². The highest BCUT2D eigenvalue weighted by Gasteiger charge is 2.30. The van der Waals surface area contributed by atoms with Crippen LogP contribution in [0, 0.1) is 6.92 Å². The summed E-state index contributed by atoms with van der Waals surface area (Å²) in [6.07, 6.45) is 0. The molecule has 1 amide bonds. The van der Waals surface area contributed by atoms with E-state index in [2.05, 4.69) is 0 Å². The van der Waals surface area contributed by atoms with Crippen molar-refractivity contribution in [2.75, 3.05) is 32.8 Å². The number of rotatable bonds is 7. The second-order valence-corrected chi connectivity index (χ2v) is 10.0. The van der Waals surface area contributed by atoms with Crippen LogP contribution in [0.4, 0.5) is 0 Å². The summed E-state index contributed by atoms with van der Waals surface area (Å²) < 4.78 is 32.7. The van der Waals surface area contributed by atoms with Gasteiger partial charge in [-0.25, -0.2) is 8.42 Å². The van der Waals surface area contributed by atoms with Crippen molar-refractivity contribution in [2.24, 2.45) is 0 Å². The molecular weight excluding hydrogens is 452 g/mol. The van der Waals surface area contributed by atoms with E-state index in [-0.39, 0.29) is 36.3 Å². The summed E-state index contributed by atoms with van der Waals surface area (Å²) in [6, 6.07) is 22.4. The van der Waals surface area contributed by atoms with E-state index in [1.165, 1.54) is 4.31 Å². The lowest BCUT2D eigenvalue weighted by Crippen LogP contribution is -2.51. The Morgan fingerprint density at radius 2 is 1.38 bits per heavy atom. The Labute approximate surface area is 199 Å². The van der Waals surface area contributed by atoms with Crippen LogP contribution in [0.3, 0.4) is 0 Å². The number of hydrogen-bond donors (Lipinski definition) is 0. The predicted octanol–water partition coefficient (Wildman–Crippen LogP) is 3.14. The molecule has 0 spiro atoms. The summed E-state index contributed by atoms with van der Waals surface area (Å²) >= 11 is 0. The van der Waals surface area contributed by atoms with E-state index in [1.54, 1.807) is 65.6 Å². The fraction of sp³-hybridized carbons (Fsp3) is 0.231. The first-order valence-corrected chi connectivity index (χ1v) is 12.5. The summed E-state index contributed by atoms with van der Waals surface area (Å²) in [7, 11) is -3.58. The molecule has 0 unspecified atom stereocenters. The quantitative estimate of drug-likeness (QED) is 0.487. The van der Waals surface area contributed by atoms with Gasteiger partial charge in [0.1, 0.15) is 5.75 Å². The van der Waals surface area contributed by atoms with E-state index in [0.717, 1.165) is 5.56 Å². The van der Waals surface area contributed by atoms with Crippen molar-refractivity contribution in [2.45, 2.75) is 11.8 Å². The highest BCUT2D eigenvalue weighted by molar-refractivity contribution is 7.89. The number of amides is 1. The molecule has 0 radical (unpaired) electrons. The number of piperazine rings is 1. The molecule has 34 heavy (non-hydrogen) atoms. The zero-order valence-electron chi connectivity index (χ0n) is 18.9. The fourth-order valence-corrected chi connectivity index (χ4v) is 5.15. The largest absolute Gasteiger partial charge is 0.484 e. The first-order valence-electron chi connectivity index (χ1n) is 11.0. The molecule has 1 aliphatic heterocycles. The Kier molecular flexibility index (Phi) is 7.09. The number of carbonyl (C=O) groups is 2. The van der Waals surface area contributed by atoms with E-state index in [0.29, 0.717) is 30.0 Å². The van der Waals surface area contributed by atoms with Crippen LogP contribution >= 0.6 is 0 Å². The van der Waals surface area contributed by atoms with Crippen molar-refractivity contribution in [1.29, 1.82) is 0 Å². The molecule has 3 aromatic carbocycles. The number of nitrogens with zero attached hydrogens (tertiary/aromatic N) is 2. The molecule has 1 heterocycles. The molecule has 1 fully saturated rings. The minimum absolute atomic E-state index is 0.0818. The summed E-state index contributed by atoms with van der Waals surface area (Å²) in [4.78, 5) is 26.9. The minimum Gasteiger partial charge on any atom is -0.484 e. The van der Waals surface area contributed by atoms with Gasteiger partial charge in [-0.1, -0.05) is 48.0 Å². The average Bonchev–Trinajstić information content (AvgIpc) is 2.88. The fourth-order valence-electron chi connectivity index (χ4n) is 3.73. The maximum absolute atomic E-state index is 12.8. The third kappa shape index (κ3) is 5.35. The molecule has 3 aromatic rings. The molecule has 7 nitrogen and oxygen atoms in total. The third-order valence-electron chi connectivity index (χ3n) is 5.76. The van der Waals surface area contributed by atoms with Crippen molar-refractivity contribution >= 4 is 21.7 Å². The van der Waals surface area contributed by atoms with E-state index < -0.39 is 10.0 Å². The molecule has 0 atom stereocenters. The van der Waals surface area contributed by atoms with Crippen LogP contribution in [-0.4, -0.2) is 62.1 Å². The third-order valence-corrected chi connectivity index (χ3v) is 7.68. The van der Waals surface area contributed by atoms with Gasteiger partial charge in [0.15, 0.2) is 12.4 Å². The van der Waals surface area contributed by atoms with Gasteiger partial charge in [0, 0.05) is 37.3 Å². The van der Waals surface area contributed by atoms with E-state index in [4.69, 9.17) is 4.74 Å². The number of ether oxygens (including phenoxy) is 1. The lowest BCUT2D eigenvalue weighted by molar-refractivity contribution is -0.134. The molecule has 8 heteroatoms. The number of sulfonamides is 1. The minimum atomic E-state index is -3.58. The van der Waals surface area contributed by atoms with E-state index in [9.17, 15) is 18.0 Å². The molecule has 0 bridgehead atoms. The molecule has 0 aromatic heterocycles. The highest BCUT2D eigenvalue weighted by Crippen LogP contribution is 2.19. The summed E-state index contributed by atoms with van der Waals surface area (Å²) in [5.74, 6) is 0.192. The van der Waals surface area contributed by atoms with Crippen molar-refractivity contribution in [3.8, 4) is 5.75 Å². The zero-order valence-corrected chi connectivity index (χ0v) is 19.7. The SMILES string of the molecule is Cc1ccc(S(=O)(=O)N2CCN(C(=O)COc3ccc(C(=O)c4ccccc4)cc3)CC2)cc1. The van der Waals surface area contributed by atoms with Gasteiger partial charge < -0.3 is 9.64 Å². The number of benzene rings is 3. The van der Waals surface area contributed by atoms with Gasteiger partial charge in [-0.15, -0.1) is 0 Å². The van der Waals surface area contributed by atoms with Crippen LogP contribution in [0.15, 0.2) is 83.8 Å². The molecule has 4 rings (SSSR count). The Morgan fingerprint density at radius 3 is 2.00 bits per heavy atom. The Morgan fingerprint density at radius 1 is 0.794 bits per heavy atom. The zero-order chi connectivity index (χ0) is 24.1. The number of aryl methyl sites for hydroxylation is 1. The van der Waals surface area contributed by atoms with Crippen LogP contribution in [-0.2, 0) is 14.8 Å². The maximum atomic E-state index is 12.8. The van der Waals surface area contributed by atoms with Crippen LogP contribution in [0.25, 0.3) is 0 Å². The molecule has 1 aliphatic rings. The standard InChI is InChI=1S/C26H26N2O5S/c1-20-7-13-24(14-8-20)34(31,32)28-17-15-27(16-18-28)25(29)19-33-23-11-9-22(10-12-23)26(30)21-5-3-2-4-6-21/h2-14H,15-19H2,1H3. The van der Waals surface area contributed by atoms with Gasteiger partial charge in [-0.05, 0) is 43.3 Å². The summed E-state index contributed by atoms with van der Waals surface area (Å²) in [5.41, 5.74) is 2.14. The lowest BCUT2D eigenvalue weighted by Gasteiger charge is -2.34. The summed E-state index contributed by atoms with van der Waals surface area (Å²) in [6.45, 7) is 2.82. The molecular formula is C26H26N2O5S. The average molecular weight is 479 g/mol. The van der Waals surface area contributed by atoms with Crippen molar-refractivity contribution in [3.05, 3.63) is 95.6 Å². The van der Waals surface area contributed by atoms with Crippen molar-refractivity contribution in [1.82, 2.24) is 9.21 Å².